The minimum absolute atomic E-state index is 0.0418. The van der Waals surface area contributed by atoms with Crippen molar-refractivity contribution in [2.45, 2.75) is 19.3 Å². The molecule has 1 heterocycles. The maximum atomic E-state index is 13.7. The average Bonchev–Trinajstić information content (AvgIpc) is 3.09. The van der Waals surface area contributed by atoms with Crippen LogP contribution in [0.3, 0.4) is 0 Å². The molecule has 0 fully saturated rings. The minimum Gasteiger partial charge on any atom is -0.351 e. The lowest BCUT2D eigenvalue weighted by Crippen LogP contribution is -2.27. The number of nitrogens with one attached hydrogen (secondary N) is 4. The van der Waals surface area contributed by atoms with Gasteiger partial charge in [-0.3, -0.25) is 24.7 Å². The van der Waals surface area contributed by atoms with Gasteiger partial charge in [-0.25, -0.2) is 14.3 Å². The first kappa shape index (κ1) is 20.0. The van der Waals surface area contributed by atoms with Crippen molar-refractivity contribution in [1.29, 1.82) is 0 Å². The number of amides is 3. The number of nitrogens with zero attached hydrogens (tertiary/aromatic N) is 1. The van der Waals surface area contributed by atoms with Crippen LogP contribution in [0.15, 0.2) is 24.4 Å². The first-order chi connectivity index (χ1) is 12.9. The average molecular weight is 381 g/mol. The quantitative estimate of drug-likeness (QED) is 0.267. The van der Waals surface area contributed by atoms with Crippen LogP contribution in [0.5, 0.6) is 0 Å². The fraction of sp³-hybridized carbons (Fsp3) is 0.250. The highest BCUT2D eigenvalue weighted by molar-refractivity contribution is 6.08. The maximum Gasteiger partial charge on any atom is 0.271 e. The van der Waals surface area contributed by atoms with Crippen molar-refractivity contribution in [2.75, 3.05) is 11.9 Å². The fourth-order valence-electron chi connectivity index (χ4n) is 2.21. The zero-order chi connectivity index (χ0) is 19.8. The summed E-state index contributed by atoms with van der Waals surface area (Å²) in [4.78, 5) is 35.1. The van der Waals surface area contributed by atoms with Crippen molar-refractivity contribution in [2.24, 2.45) is 0 Å². The lowest BCUT2D eigenvalue weighted by atomic mass is 10.2. The molecule has 1 aromatic carbocycles. The first-order valence-corrected chi connectivity index (χ1v) is 7.94. The number of anilines is 1. The number of H-pyrrole nitrogens is 1. The maximum absolute atomic E-state index is 13.7. The number of hydroxylamine groups is 1. The van der Waals surface area contributed by atoms with Crippen molar-refractivity contribution in [3.63, 3.8) is 0 Å². The topological polar surface area (TPSA) is 136 Å². The second-order valence-electron chi connectivity index (χ2n) is 5.46. The van der Waals surface area contributed by atoms with Gasteiger partial charge in [-0.15, -0.1) is 0 Å². The molecule has 0 aliphatic heterocycles. The third kappa shape index (κ3) is 5.31. The number of unbranched alkanes of at least 4 members (excludes halogenated alkanes) is 1. The highest BCUT2D eigenvalue weighted by Gasteiger charge is 2.21. The molecule has 0 aliphatic carbocycles. The van der Waals surface area contributed by atoms with Gasteiger partial charge < -0.3 is 10.6 Å². The van der Waals surface area contributed by atoms with Crippen LogP contribution in [0.25, 0.3) is 0 Å². The molecule has 3 amide bonds. The molecule has 0 spiro atoms. The molecule has 0 aliphatic rings. The van der Waals surface area contributed by atoms with Crippen molar-refractivity contribution < 1.29 is 28.4 Å². The van der Waals surface area contributed by atoms with Crippen LogP contribution in [0.4, 0.5) is 14.5 Å². The van der Waals surface area contributed by atoms with Crippen molar-refractivity contribution in [3.8, 4) is 0 Å². The van der Waals surface area contributed by atoms with Crippen LogP contribution in [0.1, 0.15) is 40.1 Å². The fourth-order valence-corrected chi connectivity index (χ4v) is 2.21. The highest BCUT2D eigenvalue weighted by atomic mass is 19.1. The molecule has 27 heavy (non-hydrogen) atoms. The van der Waals surface area contributed by atoms with Crippen LogP contribution in [0, 0.1) is 11.6 Å². The first-order valence-electron chi connectivity index (χ1n) is 7.94. The Hall–Kier alpha value is -3.34. The van der Waals surface area contributed by atoms with Gasteiger partial charge in [-0.2, -0.15) is 5.10 Å². The van der Waals surface area contributed by atoms with Gasteiger partial charge in [-0.05, 0) is 25.0 Å². The summed E-state index contributed by atoms with van der Waals surface area (Å²) in [5, 5.41) is 19.2. The van der Waals surface area contributed by atoms with Gasteiger partial charge in [0.25, 0.3) is 11.8 Å². The predicted octanol–water partition coefficient (Wildman–Crippen LogP) is 1.35. The number of aromatic amines is 1. The summed E-state index contributed by atoms with van der Waals surface area (Å²) >= 11 is 0. The third-order valence-electron chi connectivity index (χ3n) is 3.55. The molecule has 1 aromatic heterocycles. The van der Waals surface area contributed by atoms with Gasteiger partial charge in [0.05, 0.1) is 11.9 Å². The summed E-state index contributed by atoms with van der Waals surface area (Å²) in [5.41, 5.74) is 0.598. The third-order valence-corrected chi connectivity index (χ3v) is 3.55. The number of rotatable bonds is 8. The SMILES string of the molecule is O=C(CCCCNC(=O)c1[nH]ncc1NC(=O)c1c(F)cccc1F)NO. The predicted molar refractivity (Wildman–Crippen MR) is 89.0 cm³/mol. The van der Waals surface area contributed by atoms with Crippen LogP contribution in [-0.4, -0.2) is 39.7 Å². The Morgan fingerprint density at radius 1 is 1.11 bits per heavy atom. The highest BCUT2D eigenvalue weighted by Crippen LogP contribution is 2.17. The summed E-state index contributed by atoms with van der Waals surface area (Å²) in [6.07, 6.45) is 2.14. The Balaban J connectivity index is 1.94. The van der Waals surface area contributed by atoms with E-state index in [4.69, 9.17) is 5.21 Å². The summed E-state index contributed by atoms with van der Waals surface area (Å²) in [6.45, 7) is 0.228. The zero-order valence-electron chi connectivity index (χ0n) is 14.0. The lowest BCUT2D eigenvalue weighted by molar-refractivity contribution is -0.129. The van der Waals surface area contributed by atoms with Gasteiger partial charge >= 0.3 is 0 Å². The lowest BCUT2D eigenvalue weighted by Gasteiger charge is -2.08. The minimum atomic E-state index is -1.06. The molecule has 144 valence electrons. The summed E-state index contributed by atoms with van der Waals surface area (Å²) in [6, 6.07) is 3.01. The van der Waals surface area contributed by atoms with E-state index in [1.165, 1.54) is 5.48 Å². The second kappa shape index (κ2) is 9.38. The van der Waals surface area contributed by atoms with Crippen molar-refractivity contribution >= 4 is 23.4 Å². The Labute approximate surface area is 152 Å². The molecule has 2 aromatic rings. The summed E-state index contributed by atoms with van der Waals surface area (Å²) < 4.78 is 27.3. The smallest absolute Gasteiger partial charge is 0.271 e. The Morgan fingerprint density at radius 3 is 2.48 bits per heavy atom. The molecular weight excluding hydrogens is 364 g/mol. The number of aromatic nitrogens is 2. The van der Waals surface area contributed by atoms with E-state index < -0.39 is 34.9 Å². The van der Waals surface area contributed by atoms with Crippen molar-refractivity contribution in [3.05, 3.63) is 47.3 Å². The van der Waals surface area contributed by atoms with Gasteiger partial charge in [0.1, 0.15) is 22.9 Å². The molecule has 5 N–H and O–H groups in total. The second-order valence-corrected chi connectivity index (χ2v) is 5.46. The van der Waals surface area contributed by atoms with Gasteiger partial charge in [-0.1, -0.05) is 6.07 Å². The number of halogens is 2. The van der Waals surface area contributed by atoms with Crippen LogP contribution in [-0.2, 0) is 4.79 Å². The van der Waals surface area contributed by atoms with E-state index in [0.29, 0.717) is 12.8 Å². The van der Waals surface area contributed by atoms with E-state index in [9.17, 15) is 23.2 Å². The van der Waals surface area contributed by atoms with Gasteiger partial charge in [0.2, 0.25) is 5.91 Å². The van der Waals surface area contributed by atoms with Crippen LogP contribution >= 0.6 is 0 Å². The monoisotopic (exact) mass is 381 g/mol. The summed E-state index contributed by atoms with van der Waals surface area (Å²) in [7, 11) is 0. The van der Waals surface area contributed by atoms with E-state index >= 15 is 0 Å². The van der Waals surface area contributed by atoms with Gasteiger partial charge in [0.15, 0.2) is 0 Å². The normalized spacial score (nSPS) is 10.3. The van der Waals surface area contributed by atoms with Gasteiger partial charge in [0, 0.05) is 13.0 Å². The number of carbonyl (C=O) groups excluding carboxylic acids is 3. The van der Waals surface area contributed by atoms with E-state index in [0.717, 1.165) is 24.4 Å². The van der Waals surface area contributed by atoms with E-state index in [1.54, 1.807) is 0 Å². The molecule has 0 saturated carbocycles. The Morgan fingerprint density at radius 2 is 1.81 bits per heavy atom. The van der Waals surface area contributed by atoms with Crippen LogP contribution < -0.4 is 16.1 Å². The number of benzene rings is 1. The molecule has 2 rings (SSSR count). The van der Waals surface area contributed by atoms with E-state index in [1.807, 2.05) is 0 Å². The molecular formula is C16H17F2N5O4. The van der Waals surface area contributed by atoms with Crippen LogP contribution in [0.2, 0.25) is 0 Å². The number of carbonyl (C=O) groups is 3. The zero-order valence-corrected chi connectivity index (χ0v) is 14.0. The molecule has 0 unspecified atom stereocenters. The number of hydrogen-bond donors (Lipinski definition) is 5. The largest absolute Gasteiger partial charge is 0.351 e. The Bertz CT molecular complexity index is 820. The number of hydrogen-bond acceptors (Lipinski definition) is 5. The molecule has 0 saturated heterocycles. The molecule has 11 heteroatoms. The van der Waals surface area contributed by atoms with Crippen molar-refractivity contribution in [1.82, 2.24) is 21.0 Å². The summed E-state index contributed by atoms with van der Waals surface area (Å²) in [5.74, 6) is -4.25. The Kier molecular flexibility index (Phi) is 6.94. The molecule has 0 radical (unpaired) electrons. The molecule has 9 nitrogen and oxygen atoms in total. The van der Waals surface area contributed by atoms with E-state index in [2.05, 4.69) is 20.8 Å². The molecule has 0 bridgehead atoms. The molecule has 0 atom stereocenters. The van der Waals surface area contributed by atoms with E-state index in [-0.39, 0.29) is 24.3 Å². The standard InChI is InChI=1S/C16H17F2N5O4/c17-9-4-3-5-10(18)13(9)15(25)21-11-8-20-22-14(11)16(26)19-7-2-1-6-12(24)23-27/h3-5,8,27H,1-2,6-7H2,(H,19,26)(H,20,22)(H,21,25)(H,23,24).